The zero-order valence-electron chi connectivity index (χ0n) is 20.9. The van der Waals surface area contributed by atoms with E-state index in [9.17, 15) is 19.2 Å². The summed E-state index contributed by atoms with van der Waals surface area (Å²) in [5.74, 6) is -0.422. The number of ether oxygens (including phenoxy) is 1. The second kappa shape index (κ2) is 7.32. The van der Waals surface area contributed by atoms with Crippen molar-refractivity contribution in [3.63, 3.8) is 0 Å². The Morgan fingerprint density at radius 1 is 0.675 bits per heavy atom. The number of imide groups is 2. The van der Waals surface area contributed by atoms with E-state index in [1.165, 1.54) is 0 Å². The number of rotatable bonds is 2. The molecule has 2 aliphatic heterocycles. The lowest BCUT2D eigenvalue weighted by Crippen LogP contribution is -2.43. The number of carbonyl (C=O) groups excluding carboxylic acids is 4. The highest BCUT2D eigenvalue weighted by atomic mass is 16.5. The lowest BCUT2D eigenvalue weighted by atomic mass is 9.84. The summed E-state index contributed by atoms with van der Waals surface area (Å²) in [6.45, 7) is 0. The number of carbonyl (C=O) groups is 4. The summed E-state index contributed by atoms with van der Waals surface area (Å²) in [4.78, 5) is 55.9. The topological polar surface area (TPSA) is 139 Å². The molecule has 8 rings (SSSR count). The Labute approximate surface area is 226 Å². The van der Waals surface area contributed by atoms with E-state index in [1.807, 2.05) is 54.6 Å². The molecule has 2 atom stereocenters. The lowest BCUT2D eigenvalue weighted by molar-refractivity contribution is -0.123. The molecular weight excluding hydrogens is 510 g/mol. The van der Waals surface area contributed by atoms with Crippen LogP contribution in [0.15, 0.2) is 72.9 Å². The van der Waals surface area contributed by atoms with Crippen molar-refractivity contribution in [2.75, 3.05) is 7.11 Å². The van der Waals surface area contributed by atoms with Gasteiger partial charge in [-0.25, -0.2) is 9.59 Å². The third-order valence-corrected chi connectivity index (χ3v) is 8.29. The number of amides is 6. The summed E-state index contributed by atoms with van der Waals surface area (Å²) in [5.41, 5.74) is 3.87. The highest BCUT2D eigenvalue weighted by molar-refractivity contribution is 6.14. The maximum atomic E-state index is 13.4. The average molecular weight is 530 g/mol. The van der Waals surface area contributed by atoms with Crippen molar-refractivity contribution < 1.29 is 23.9 Å². The summed E-state index contributed by atoms with van der Waals surface area (Å²) in [5, 5.41) is 10.5. The van der Waals surface area contributed by atoms with Gasteiger partial charge in [-0.05, 0) is 46.5 Å². The number of nitrogens with one attached hydrogen (secondary N) is 4. The number of nitrogens with zero attached hydrogens (tertiary/aromatic N) is 1. The van der Waals surface area contributed by atoms with Crippen molar-refractivity contribution in [1.29, 1.82) is 0 Å². The van der Waals surface area contributed by atoms with Gasteiger partial charge < -0.3 is 15.4 Å². The first-order chi connectivity index (χ1) is 19.4. The van der Waals surface area contributed by atoms with Gasteiger partial charge in [-0.3, -0.25) is 25.2 Å². The summed E-state index contributed by atoms with van der Waals surface area (Å²) < 4.78 is 5.83. The summed E-state index contributed by atoms with van der Waals surface area (Å²) in [7, 11) is 1.55. The van der Waals surface area contributed by atoms with Gasteiger partial charge in [-0.15, -0.1) is 0 Å². The van der Waals surface area contributed by atoms with Gasteiger partial charge in [0.2, 0.25) is 0 Å². The van der Waals surface area contributed by atoms with Crippen molar-refractivity contribution in [1.82, 2.24) is 26.3 Å². The third kappa shape index (κ3) is 2.50. The maximum Gasteiger partial charge on any atom is 0.322 e. The summed E-state index contributed by atoms with van der Waals surface area (Å²) in [6, 6.07) is 19.1. The van der Waals surface area contributed by atoms with Crippen LogP contribution in [0.4, 0.5) is 9.59 Å². The number of pyridine rings is 1. The number of hydrogen-bond donors (Lipinski definition) is 4. The fourth-order valence-electron chi connectivity index (χ4n) is 6.67. The molecule has 0 bridgehead atoms. The van der Waals surface area contributed by atoms with Gasteiger partial charge in [-0.2, -0.15) is 0 Å². The molecular formula is C30H19N5O5. The van der Waals surface area contributed by atoms with E-state index in [0.717, 1.165) is 22.3 Å². The van der Waals surface area contributed by atoms with Gasteiger partial charge in [0.25, 0.3) is 11.8 Å². The number of fused-ring (bicyclic) bond motifs is 10. The molecule has 0 radical (unpaired) electrons. The van der Waals surface area contributed by atoms with Crippen LogP contribution in [0.1, 0.15) is 22.3 Å². The van der Waals surface area contributed by atoms with E-state index in [0.29, 0.717) is 39.3 Å². The van der Waals surface area contributed by atoms with E-state index >= 15 is 0 Å². The first-order valence-corrected chi connectivity index (χ1v) is 12.6. The molecule has 3 heterocycles. The van der Waals surface area contributed by atoms with Crippen LogP contribution in [0, 0.1) is 0 Å². The fourth-order valence-corrected chi connectivity index (χ4v) is 6.67. The Balaban J connectivity index is 1.37. The molecule has 2 fully saturated rings. The van der Waals surface area contributed by atoms with E-state index in [4.69, 9.17) is 4.74 Å². The molecule has 1 aromatic heterocycles. The highest BCUT2D eigenvalue weighted by Crippen LogP contribution is 2.54. The van der Waals surface area contributed by atoms with Crippen LogP contribution in [0.2, 0.25) is 0 Å². The minimum Gasteiger partial charge on any atom is -0.496 e. The van der Waals surface area contributed by atoms with Crippen molar-refractivity contribution in [2.45, 2.75) is 11.1 Å². The van der Waals surface area contributed by atoms with Gasteiger partial charge in [0.05, 0.1) is 12.8 Å². The van der Waals surface area contributed by atoms with Gasteiger partial charge >= 0.3 is 12.1 Å². The van der Waals surface area contributed by atoms with Crippen molar-refractivity contribution >= 4 is 23.9 Å². The first-order valence-electron chi connectivity index (χ1n) is 12.6. The summed E-state index contributed by atoms with van der Waals surface area (Å²) in [6.07, 6.45) is 1.65. The van der Waals surface area contributed by atoms with Gasteiger partial charge in [0, 0.05) is 34.0 Å². The SMILES string of the molecule is COc1cc(-c2ccc3c(c2)C2(NC(=O)NC2=O)c2cccnc2-3)cc2c1-c1ccccc1C21NC(=O)NC1=O. The zero-order valence-corrected chi connectivity index (χ0v) is 20.9. The molecule has 0 saturated carbocycles. The Kier molecular flexibility index (Phi) is 4.11. The van der Waals surface area contributed by atoms with Crippen LogP contribution >= 0.6 is 0 Å². The van der Waals surface area contributed by atoms with E-state index < -0.39 is 35.0 Å². The molecule has 3 aromatic carbocycles. The molecule has 10 heteroatoms. The molecule has 2 aliphatic carbocycles. The number of urea groups is 2. The second-order valence-corrected chi connectivity index (χ2v) is 10.1. The lowest BCUT2D eigenvalue weighted by Gasteiger charge is -2.25. The third-order valence-electron chi connectivity index (χ3n) is 8.29. The largest absolute Gasteiger partial charge is 0.496 e. The molecule has 2 saturated heterocycles. The van der Waals surface area contributed by atoms with Crippen LogP contribution in [-0.4, -0.2) is 36.0 Å². The highest BCUT2D eigenvalue weighted by Gasteiger charge is 2.57. The van der Waals surface area contributed by atoms with Crippen LogP contribution in [0.3, 0.4) is 0 Å². The predicted molar refractivity (Wildman–Crippen MR) is 142 cm³/mol. The predicted octanol–water partition coefficient (Wildman–Crippen LogP) is 2.88. The fraction of sp³-hybridized carbons (Fsp3) is 0.100. The quantitative estimate of drug-likeness (QED) is 0.295. The van der Waals surface area contributed by atoms with Gasteiger partial charge in [-0.1, -0.05) is 42.5 Å². The minimum absolute atomic E-state index is 0.470. The van der Waals surface area contributed by atoms with Crippen LogP contribution < -0.4 is 26.0 Å². The van der Waals surface area contributed by atoms with Crippen molar-refractivity contribution in [3.8, 4) is 39.3 Å². The van der Waals surface area contributed by atoms with Crippen LogP contribution in [-0.2, 0) is 20.7 Å². The smallest absolute Gasteiger partial charge is 0.322 e. The number of hydrogen-bond acceptors (Lipinski definition) is 6. The van der Waals surface area contributed by atoms with Crippen molar-refractivity contribution in [2.24, 2.45) is 0 Å². The standard InChI is InChI=1S/C30H19N5O5/c1-40-22-13-15(12-21-23(22)16-5-2-3-6-18(16)29(21)25(36)32-27(38)34-29)14-8-9-17-20(11-14)30(26(37)33-28(39)35-30)19-7-4-10-31-24(17)19/h2-13H,1H3,(H2,32,34,36,38)(H2,33,35,37,39). The molecule has 6 amide bonds. The minimum atomic E-state index is -1.41. The Morgan fingerprint density at radius 3 is 2.05 bits per heavy atom. The molecule has 4 aliphatic rings. The van der Waals surface area contributed by atoms with E-state index in [1.54, 1.807) is 25.4 Å². The first kappa shape index (κ1) is 22.5. The maximum absolute atomic E-state index is 13.4. The van der Waals surface area contributed by atoms with Crippen molar-refractivity contribution in [3.05, 3.63) is 95.2 Å². The van der Waals surface area contributed by atoms with E-state index in [2.05, 4.69) is 26.3 Å². The molecule has 2 unspecified atom stereocenters. The zero-order chi connectivity index (χ0) is 27.4. The van der Waals surface area contributed by atoms with Crippen LogP contribution in [0.25, 0.3) is 33.5 Å². The molecule has 4 N–H and O–H groups in total. The van der Waals surface area contributed by atoms with E-state index in [-0.39, 0.29) is 0 Å². The molecule has 10 nitrogen and oxygen atoms in total. The number of methoxy groups -OCH3 is 1. The monoisotopic (exact) mass is 529 g/mol. The Hall–Kier alpha value is -5.51. The summed E-state index contributed by atoms with van der Waals surface area (Å²) >= 11 is 0. The molecule has 2 spiro atoms. The van der Waals surface area contributed by atoms with Crippen LogP contribution in [0.5, 0.6) is 5.75 Å². The molecule has 4 aromatic rings. The Bertz CT molecular complexity index is 1900. The average Bonchev–Trinajstić information content (AvgIpc) is 3.63. The van der Waals surface area contributed by atoms with Gasteiger partial charge in [0.15, 0.2) is 11.1 Å². The normalized spacial score (nSPS) is 22.8. The number of aromatic nitrogens is 1. The number of benzene rings is 3. The molecule has 194 valence electrons. The second-order valence-electron chi connectivity index (χ2n) is 10.1. The van der Waals surface area contributed by atoms with Gasteiger partial charge in [0.1, 0.15) is 5.75 Å². The Morgan fingerprint density at radius 2 is 1.35 bits per heavy atom. The molecule has 40 heavy (non-hydrogen) atoms.